The zero-order chi connectivity index (χ0) is 23.3. The van der Waals surface area contributed by atoms with Crippen LogP contribution in [0.4, 0.5) is 5.69 Å². The zero-order valence-corrected chi connectivity index (χ0v) is 18.7. The van der Waals surface area contributed by atoms with Crippen LogP contribution in [0.2, 0.25) is 0 Å². The van der Waals surface area contributed by atoms with Gasteiger partial charge in [0.05, 0.1) is 0 Å². The molecule has 1 aromatic carbocycles. The molecule has 8 nitrogen and oxygen atoms in total. The van der Waals surface area contributed by atoms with E-state index in [0.29, 0.717) is 18.8 Å². The van der Waals surface area contributed by atoms with Crippen molar-refractivity contribution in [2.45, 2.75) is 69.0 Å². The van der Waals surface area contributed by atoms with Gasteiger partial charge < -0.3 is 30.3 Å². The van der Waals surface area contributed by atoms with Gasteiger partial charge in [0.15, 0.2) is 6.10 Å². The Kier molecular flexibility index (Phi) is 8.42. The topological polar surface area (TPSA) is 119 Å². The largest absolute Gasteiger partial charge is 0.387 e. The van der Waals surface area contributed by atoms with E-state index in [4.69, 9.17) is 4.74 Å². The number of nitrogens with one attached hydrogen (secondary N) is 1. The molecular weight excluding hydrogens is 412 g/mol. The van der Waals surface area contributed by atoms with Gasteiger partial charge in [-0.2, -0.15) is 0 Å². The van der Waals surface area contributed by atoms with Crippen molar-refractivity contribution in [1.82, 2.24) is 5.32 Å². The third kappa shape index (κ3) is 5.56. The molecule has 1 saturated carbocycles. The maximum atomic E-state index is 12.9. The summed E-state index contributed by atoms with van der Waals surface area (Å²) in [7, 11) is 2.89. The van der Waals surface area contributed by atoms with Gasteiger partial charge in [-0.15, -0.1) is 0 Å². The molecular formula is C24H34N2O6. The number of nitrogens with zero attached hydrogens (tertiary/aromatic N) is 1. The molecule has 1 aromatic rings. The third-order valence-corrected chi connectivity index (χ3v) is 6.50. The van der Waals surface area contributed by atoms with Crippen molar-refractivity contribution in [1.29, 1.82) is 0 Å². The molecule has 0 aromatic heterocycles. The Labute approximate surface area is 188 Å². The number of para-hydroxylation sites is 1. The SMILES string of the molecule is COC(C(=O)N[C@H]1CCc2ccccc2N(C)C1=O)C(O)C(O)C(O)C=CC1CCCC1. The summed E-state index contributed by atoms with van der Waals surface area (Å²) in [6, 6.07) is 6.76. The molecule has 176 valence electrons. The molecule has 2 aliphatic rings. The summed E-state index contributed by atoms with van der Waals surface area (Å²) < 4.78 is 5.14. The number of aryl methyl sites for hydroxylation is 1. The van der Waals surface area contributed by atoms with E-state index >= 15 is 0 Å². The van der Waals surface area contributed by atoms with Crippen LogP contribution in [0.3, 0.4) is 0 Å². The molecule has 1 aliphatic carbocycles. The van der Waals surface area contributed by atoms with Gasteiger partial charge in [-0.1, -0.05) is 43.2 Å². The average molecular weight is 447 g/mol. The van der Waals surface area contributed by atoms with Crippen LogP contribution in [-0.2, 0) is 20.7 Å². The number of aliphatic hydroxyl groups excluding tert-OH is 3. The molecule has 0 bridgehead atoms. The quantitative estimate of drug-likeness (QED) is 0.441. The van der Waals surface area contributed by atoms with Crippen molar-refractivity contribution < 1.29 is 29.6 Å². The molecule has 1 heterocycles. The fraction of sp³-hybridized carbons (Fsp3) is 0.583. The van der Waals surface area contributed by atoms with Gasteiger partial charge >= 0.3 is 0 Å². The highest BCUT2D eigenvalue weighted by atomic mass is 16.5. The highest BCUT2D eigenvalue weighted by Crippen LogP contribution is 2.27. The lowest BCUT2D eigenvalue weighted by atomic mass is 9.99. The Bertz CT molecular complexity index is 822. The average Bonchev–Trinajstić information content (AvgIpc) is 3.29. The summed E-state index contributed by atoms with van der Waals surface area (Å²) in [5.74, 6) is -0.630. The predicted octanol–water partition coefficient (Wildman–Crippen LogP) is 0.924. The minimum absolute atomic E-state index is 0.271. The van der Waals surface area contributed by atoms with E-state index < -0.39 is 36.4 Å². The van der Waals surface area contributed by atoms with Crippen LogP contribution >= 0.6 is 0 Å². The Hall–Kier alpha value is -2.26. The van der Waals surface area contributed by atoms with Crippen molar-refractivity contribution in [3.63, 3.8) is 0 Å². The van der Waals surface area contributed by atoms with Crippen LogP contribution in [0.1, 0.15) is 37.7 Å². The molecule has 8 heteroatoms. The number of likely N-dealkylation sites (N-methyl/N-ethyl adjacent to an activating group) is 1. The molecule has 0 saturated heterocycles. The van der Waals surface area contributed by atoms with E-state index in [1.807, 2.05) is 30.3 Å². The highest BCUT2D eigenvalue weighted by Gasteiger charge is 2.38. The number of fused-ring (bicyclic) bond motifs is 1. The molecule has 3 rings (SSSR count). The van der Waals surface area contributed by atoms with E-state index in [-0.39, 0.29) is 5.91 Å². The van der Waals surface area contributed by atoms with Crippen molar-refractivity contribution >= 4 is 17.5 Å². The number of ether oxygens (including phenoxy) is 1. The van der Waals surface area contributed by atoms with Gasteiger partial charge in [-0.3, -0.25) is 9.59 Å². The lowest BCUT2D eigenvalue weighted by Crippen LogP contribution is -2.55. The number of amides is 2. The van der Waals surface area contributed by atoms with Crippen molar-refractivity contribution in [3.8, 4) is 0 Å². The standard InChI is InChI=1S/C24H34N2O6/c1-26-18-10-6-5-9-16(18)12-13-17(24(26)31)25-23(30)22(32-2)21(29)20(28)19(27)14-11-15-7-3-4-8-15/h5-6,9-11,14-15,17,19-22,27-29H,3-4,7-8,12-13H2,1-2H3,(H,25,30)/t17-,19?,20?,21?,22?/m0/s1. The van der Waals surface area contributed by atoms with Crippen molar-refractivity contribution in [2.75, 3.05) is 19.1 Å². The number of hydrogen-bond donors (Lipinski definition) is 4. The second-order valence-electron chi connectivity index (χ2n) is 8.68. The Balaban J connectivity index is 1.62. The second kappa shape index (κ2) is 11.0. The van der Waals surface area contributed by atoms with Crippen LogP contribution < -0.4 is 10.2 Å². The van der Waals surface area contributed by atoms with E-state index in [9.17, 15) is 24.9 Å². The maximum Gasteiger partial charge on any atom is 0.252 e. The Morgan fingerprint density at radius 2 is 1.84 bits per heavy atom. The Morgan fingerprint density at radius 3 is 2.53 bits per heavy atom. The van der Waals surface area contributed by atoms with Crippen LogP contribution in [0.5, 0.6) is 0 Å². The monoisotopic (exact) mass is 446 g/mol. The van der Waals surface area contributed by atoms with E-state index in [1.54, 1.807) is 7.05 Å². The summed E-state index contributed by atoms with van der Waals surface area (Å²) in [5, 5.41) is 33.8. The Morgan fingerprint density at radius 1 is 1.16 bits per heavy atom. The first-order valence-corrected chi connectivity index (χ1v) is 11.2. The first-order valence-electron chi connectivity index (χ1n) is 11.2. The van der Waals surface area contributed by atoms with Gasteiger partial charge in [0.25, 0.3) is 5.91 Å². The number of aliphatic hydroxyl groups is 3. The third-order valence-electron chi connectivity index (χ3n) is 6.50. The van der Waals surface area contributed by atoms with Gasteiger partial charge in [-0.05, 0) is 43.2 Å². The minimum atomic E-state index is -1.67. The van der Waals surface area contributed by atoms with Crippen molar-refractivity contribution in [3.05, 3.63) is 42.0 Å². The number of carbonyl (C=O) groups is 2. The fourth-order valence-corrected chi connectivity index (χ4v) is 4.53. The van der Waals surface area contributed by atoms with E-state index in [0.717, 1.165) is 36.9 Å². The maximum absolute atomic E-state index is 12.9. The molecule has 5 atom stereocenters. The van der Waals surface area contributed by atoms with E-state index in [2.05, 4.69) is 5.32 Å². The number of benzene rings is 1. The molecule has 32 heavy (non-hydrogen) atoms. The number of allylic oxidation sites excluding steroid dienone is 1. The van der Waals surface area contributed by atoms with Crippen LogP contribution in [-0.4, -0.2) is 71.7 Å². The second-order valence-corrected chi connectivity index (χ2v) is 8.68. The van der Waals surface area contributed by atoms with Crippen molar-refractivity contribution in [2.24, 2.45) is 5.92 Å². The normalized spacial score (nSPS) is 23.5. The molecule has 1 fully saturated rings. The molecule has 0 radical (unpaired) electrons. The summed E-state index contributed by atoms with van der Waals surface area (Å²) in [4.78, 5) is 27.2. The fourth-order valence-electron chi connectivity index (χ4n) is 4.53. The first kappa shape index (κ1) is 24.4. The number of anilines is 1. The number of carbonyl (C=O) groups excluding carboxylic acids is 2. The summed E-state index contributed by atoms with van der Waals surface area (Å²) in [5.41, 5.74) is 1.81. The molecule has 4 unspecified atom stereocenters. The van der Waals surface area contributed by atoms with Gasteiger partial charge in [0, 0.05) is 19.8 Å². The molecule has 0 spiro atoms. The number of methoxy groups -OCH3 is 1. The summed E-state index contributed by atoms with van der Waals surface area (Å²) in [6.07, 6.45) is 2.63. The lowest BCUT2D eigenvalue weighted by Gasteiger charge is -2.29. The zero-order valence-electron chi connectivity index (χ0n) is 18.7. The summed E-state index contributed by atoms with van der Waals surface area (Å²) >= 11 is 0. The van der Waals surface area contributed by atoms with Crippen LogP contribution in [0.15, 0.2) is 36.4 Å². The van der Waals surface area contributed by atoms with Gasteiger partial charge in [-0.25, -0.2) is 0 Å². The minimum Gasteiger partial charge on any atom is -0.387 e. The number of rotatable bonds is 8. The molecule has 4 N–H and O–H groups in total. The lowest BCUT2D eigenvalue weighted by molar-refractivity contribution is -0.150. The van der Waals surface area contributed by atoms with Gasteiger partial charge in [0.2, 0.25) is 5.91 Å². The predicted molar refractivity (Wildman–Crippen MR) is 120 cm³/mol. The van der Waals surface area contributed by atoms with Crippen LogP contribution in [0, 0.1) is 5.92 Å². The number of hydrogen-bond acceptors (Lipinski definition) is 6. The van der Waals surface area contributed by atoms with Gasteiger partial charge in [0.1, 0.15) is 24.4 Å². The smallest absolute Gasteiger partial charge is 0.252 e. The first-order chi connectivity index (χ1) is 15.3. The highest BCUT2D eigenvalue weighted by molar-refractivity contribution is 6.00. The molecule has 2 amide bonds. The van der Waals surface area contributed by atoms with E-state index in [1.165, 1.54) is 18.1 Å². The van der Waals surface area contributed by atoms with Crippen LogP contribution in [0.25, 0.3) is 0 Å². The summed E-state index contributed by atoms with van der Waals surface area (Å²) in [6.45, 7) is 0. The molecule has 1 aliphatic heterocycles.